The fourth-order valence-corrected chi connectivity index (χ4v) is 2.13. The molecule has 0 heterocycles. The Morgan fingerprint density at radius 1 is 1.32 bits per heavy atom. The Morgan fingerprint density at radius 3 is 2.59 bits per heavy atom. The van der Waals surface area contributed by atoms with Gasteiger partial charge in [-0.2, -0.15) is 5.26 Å². The number of rotatable bonds is 8. The monoisotopic (exact) mass is 302 g/mol. The summed E-state index contributed by atoms with van der Waals surface area (Å²) in [5.74, 6) is -1.04. The van der Waals surface area contributed by atoms with Gasteiger partial charge in [0.2, 0.25) is 0 Å². The summed E-state index contributed by atoms with van der Waals surface area (Å²) in [5, 5.41) is 10.9. The fourth-order valence-electron chi connectivity index (χ4n) is 2.13. The Hall–Kier alpha value is -2.35. The van der Waals surface area contributed by atoms with E-state index in [1.807, 2.05) is 50.2 Å². The van der Waals surface area contributed by atoms with Crippen LogP contribution in [-0.2, 0) is 14.3 Å². The number of carbonyl (C=O) groups excluding carboxylic acids is 2. The number of hydrogen-bond donors (Lipinski definition) is 1. The maximum Gasteiger partial charge on any atom is 0.314 e. The third kappa shape index (κ3) is 5.57. The van der Waals surface area contributed by atoms with Gasteiger partial charge in [-0.3, -0.25) is 9.59 Å². The summed E-state index contributed by atoms with van der Waals surface area (Å²) in [6.07, 6.45) is 1.07. The van der Waals surface area contributed by atoms with Crippen LogP contribution in [0.15, 0.2) is 30.3 Å². The lowest BCUT2D eigenvalue weighted by Crippen LogP contribution is -2.31. The number of nitrogens with zero attached hydrogens (tertiary/aromatic N) is 1. The van der Waals surface area contributed by atoms with Crippen molar-refractivity contribution in [2.75, 3.05) is 13.2 Å². The molecule has 22 heavy (non-hydrogen) atoms. The van der Waals surface area contributed by atoms with E-state index in [9.17, 15) is 9.59 Å². The van der Waals surface area contributed by atoms with E-state index in [0.29, 0.717) is 0 Å². The van der Waals surface area contributed by atoms with Gasteiger partial charge in [-0.1, -0.05) is 50.6 Å². The minimum absolute atomic E-state index is 0.122. The number of nitrogens with one attached hydrogen (secondary N) is 1. The van der Waals surface area contributed by atoms with Crippen molar-refractivity contribution in [1.29, 1.82) is 5.26 Å². The number of carbonyl (C=O) groups is 2. The molecule has 0 bridgehead atoms. The molecule has 0 spiro atoms. The number of nitriles is 1. The molecule has 5 nitrogen and oxygen atoms in total. The summed E-state index contributed by atoms with van der Waals surface area (Å²) in [5.41, 5.74) is 0.895. The van der Waals surface area contributed by atoms with Gasteiger partial charge < -0.3 is 10.1 Å². The van der Waals surface area contributed by atoms with Crippen molar-refractivity contribution < 1.29 is 14.3 Å². The zero-order valence-corrected chi connectivity index (χ0v) is 13.0. The highest BCUT2D eigenvalue weighted by atomic mass is 16.5. The Labute approximate surface area is 131 Å². The molecule has 5 heteroatoms. The standard InChI is InChI=1S/C17H22N2O3/c1-3-13(2)16(14-8-5-4-6-9-14)17(21)22-12-15(20)19-11-7-10-18/h4-6,8-9,13,16H,3,7,11-12H2,1-2H3,(H,19,20)/t13-,16+/m0/s1. The first-order valence-corrected chi connectivity index (χ1v) is 7.45. The van der Waals surface area contributed by atoms with Crippen LogP contribution >= 0.6 is 0 Å². The Bertz CT molecular complexity index is 522. The van der Waals surface area contributed by atoms with Crippen LogP contribution in [0, 0.1) is 17.2 Å². The maximum absolute atomic E-state index is 12.3. The van der Waals surface area contributed by atoms with Crippen LogP contribution in [0.4, 0.5) is 0 Å². The van der Waals surface area contributed by atoms with E-state index in [1.54, 1.807) is 0 Å². The third-order valence-corrected chi connectivity index (χ3v) is 3.53. The van der Waals surface area contributed by atoms with Gasteiger partial charge in [0, 0.05) is 6.54 Å². The second-order valence-electron chi connectivity index (χ2n) is 5.14. The number of benzene rings is 1. The first kappa shape index (κ1) is 17.7. The summed E-state index contributed by atoms with van der Waals surface area (Å²) < 4.78 is 5.14. The third-order valence-electron chi connectivity index (χ3n) is 3.53. The summed E-state index contributed by atoms with van der Waals surface area (Å²) in [4.78, 5) is 23.8. The van der Waals surface area contributed by atoms with Gasteiger partial charge in [0.25, 0.3) is 5.91 Å². The molecule has 0 saturated carbocycles. The molecule has 0 fully saturated rings. The Balaban J connectivity index is 2.62. The molecule has 1 aromatic carbocycles. The number of amides is 1. The molecule has 118 valence electrons. The summed E-state index contributed by atoms with van der Waals surface area (Å²) >= 11 is 0. The molecule has 1 rings (SSSR count). The van der Waals surface area contributed by atoms with Gasteiger partial charge in [0.15, 0.2) is 6.61 Å². The molecular weight excluding hydrogens is 280 g/mol. The first-order valence-electron chi connectivity index (χ1n) is 7.45. The van der Waals surface area contributed by atoms with Gasteiger partial charge in [-0.15, -0.1) is 0 Å². The largest absolute Gasteiger partial charge is 0.455 e. The predicted molar refractivity (Wildman–Crippen MR) is 82.8 cm³/mol. The molecule has 0 aliphatic carbocycles. The smallest absolute Gasteiger partial charge is 0.314 e. The van der Waals surface area contributed by atoms with Crippen LogP contribution in [0.3, 0.4) is 0 Å². The van der Waals surface area contributed by atoms with E-state index < -0.39 is 5.97 Å². The van der Waals surface area contributed by atoms with Gasteiger partial charge in [-0.25, -0.2) is 0 Å². The number of hydrogen-bond acceptors (Lipinski definition) is 4. The molecule has 0 radical (unpaired) electrons. The zero-order valence-electron chi connectivity index (χ0n) is 13.0. The summed E-state index contributed by atoms with van der Waals surface area (Å²) in [7, 11) is 0. The van der Waals surface area contributed by atoms with Crippen LogP contribution in [0.5, 0.6) is 0 Å². The average molecular weight is 302 g/mol. The lowest BCUT2D eigenvalue weighted by Gasteiger charge is -2.21. The molecule has 0 aromatic heterocycles. The van der Waals surface area contributed by atoms with E-state index in [-0.39, 0.29) is 37.3 Å². The lowest BCUT2D eigenvalue weighted by atomic mass is 9.86. The van der Waals surface area contributed by atoms with Crippen molar-refractivity contribution >= 4 is 11.9 Å². The normalized spacial score (nSPS) is 12.8. The van der Waals surface area contributed by atoms with Crippen LogP contribution in [0.2, 0.25) is 0 Å². The predicted octanol–water partition coefficient (Wildman–Crippen LogP) is 2.39. The van der Waals surface area contributed by atoms with Crippen LogP contribution in [-0.4, -0.2) is 25.0 Å². The molecule has 0 aliphatic heterocycles. The van der Waals surface area contributed by atoms with Crippen LogP contribution < -0.4 is 5.32 Å². The van der Waals surface area contributed by atoms with Crippen molar-refractivity contribution in [3.8, 4) is 6.07 Å². The molecular formula is C17H22N2O3. The van der Waals surface area contributed by atoms with Crippen molar-refractivity contribution in [1.82, 2.24) is 5.32 Å². The van der Waals surface area contributed by atoms with E-state index in [2.05, 4.69) is 5.32 Å². The molecule has 1 aromatic rings. The molecule has 0 unspecified atom stereocenters. The van der Waals surface area contributed by atoms with E-state index in [0.717, 1.165) is 12.0 Å². The van der Waals surface area contributed by atoms with Crippen molar-refractivity contribution in [3.63, 3.8) is 0 Å². The topological polar surface area (TPSA) is 79.2 Å². The molecule has 2 atom stereocenters. The van der Waals surface area contributed by atoms with Crippen molar-refractivity contribution in [2.24, 2.45) is 5.92 Å². The Morgan fingerprint density at radius 2 is 2.00 bits per heavy atom. The summed E-state index contributed by atoms with van der Waals surface area (Å²) in [6.45, 7) is 3.96. The highest BCUT2D eigenvalue weighted by molar-refractivity contribution is 5.83. The van der Waals surface area contributed by atoms with Gasteiger partial charge >= 0.3 is 5.97 Å². The van der Waals surface area contributed by atoms with Crippen molar-refractivity contribution in [3.05, 3.63) is 35.9 Å². The van der Waals surface area contributed by atoms with E-state index >= 15 is 0 Å². The first-order chi connectivity index (χ1) is 10.6. The maximum atomic E-state index is 12.3. The number of ether oxygens (including phenoxy) is 1. The van der Waals surface area contributed by atoms with Crippen LogP contribution in [0.25, 0.3) is 0 Å². The van der Waals surface area contributed by atoms with E-state index in [4.69, 9.17) is 10.00 Å². The van der Waals surface area contributed by atoms with Gasteiger partial charge in [-0.05, 0) is 11.5 Å². The lowest BCUT2D eigenvalue weighted by molar-refractivity contribution is -0.151. The van der Waals surface area contributed by atoms with E-state index in [1.165, 1.54) is 0 Å². The second-order valence-corrected chi connectivity index (χ2v) is 5.14. The van der Waals surface area contributed by atoms with Gasteiger partial charge in [0.05, 0.1) is 18.4 Å². The molecule has 0 saturated heterocycles. The molecule has 1 N–H and O–H groups in total. The minimum Gasteiger partial charge on any atom is -0.455 e. The zero-order chi connectivity index (χ0) is 16.4. The average Bonchev–Trinajstić information content (AvgIpc) is 2.54. The van der Waals surface area contributed by atoms with Crippen molar-refractivity contribution in [2.45, 2.75) is 32.6 Å². The second kappa shape index (κ2) is 9.56. The van der Waals surface area contributed by atoms with Crippen LogP contribution in [0.1, 0.15) is 38.2 Å². The number of esters is 1. The minimum atomic E-state index is -0.393. The highest BCUT2D eigenvalue weighted by Crippen LogP contribution is 2.28. The molecule has 0 aliphatic rings. The van der Waals surface area contributed by atoms with Gasteiger partial charge in [0.1, 0.15) is 0 Å². The fraction of sp³-hybridized carbons (Fsp3) is 0.471. The summed E-state index contributed by atoms with van der Waals surface area (Å²) in [6, 6.07) is 11.4. The Kier molecular flexibility index (Phi) is 7.69. The quantitative estimate of drug-likeness (QED) is 0.590. The SMILES string of the molecule is CC[C@H](C)[C@@H](C(=O)OCC(=O)NCCC#N)c1ccccc1. The highest BCUT2D eigenvalue weighted by Gasteiger charge is 2.27. The molecule has 1 amide bonds.